The molecule has 0 saturated carbocycles. The van der Waals surface area contributed by atoms with Crippen LogP contribution in [0.4, 0.5) is 4.39 Å². The minimum Gasteiger partial charge on any atom is -0.388 e. The molecule has 1 unspecified atom stereocenters. The fourth-order valence-electron chi connectivity index (χ4n) is 4.77. The summed E-state index contributed by atoms with van der Waals surface area (Å²) in [4.78, 5) is 32.0. The molecule has 2 fully saturated rings. The van der Waals surface area contributed by atoms with Crippen molar-refractivity contribution in [1.29, 1.82) is 0 Å². The lowest BCUT2D eigenvalue weighted by atomic mass is 9.89. The van der Waals surface area contributed by atoms with Crippen LogP contribution < -0.4 is 10.9 Å². The van der Waals surface area contributed by atoms with Crippen LogP contribution in [0.25, 0.3) is 16.7 Å². The maximum Gasteiger partial charge on any atom is 0.264 e. The summed E-state index contributed by atoms with van der Waals surface area (Å²) in [6, 6.07) is 5.77. The zero-order valence-corrected chi connectivity index (χ0v) is 18.3. The number of fused-ring (bicyclic) bond motifs is 1. The van der Waals surface area contributed by atoms with Gasteiger partial charge in [0.05, 0.1) is 29.9 Å². The Morgan fingerprint density at radius 2 is 2.00 bits per heavy atom. The fourth-order valence-corrected chi connectivity index (χ4v) is 4.77. The van der Waals surface area contributed by atoms with Crippen LogP contribution in [0.5, 0.6) is 0 Å². The molecule has 4 heterocycles. The molecule has 2 N–H and O–H groups in total. The number of benzene rings is 1. The molecule has 10 heteroatoms. The van der Waals surface area contributed by atoms with Gasteiger partial charge in [-0.1, -0.05) is 0 Å². The summed E-state index contributed by atoms with van der Waals surface area (Å²) in [5, 5.41) is 19.0. The number of aromatic nitrogens is 4. The molecule has 3 aromatic rings. The lowest BCUT2D eigenvalue weighted by molar-refractivity contribution is -0.140. The normalized spacial score (nSPS) is 20.8. The molecule has 1 amide bonds. The van der Waals surface area contributed by atoms with E-state index in [1.807, 2.05) is 4.90 Å². The Labute approximate surface area is 189 Å². The highest BCUT2D eigenvalue weighted by Gasteiger charge is 2.36. The monoisotopic (exact) mass is 454 g/mol. The van der Waals surface area contributed by atoms with E-state index in [4.69, 9.17) is 0 Å². The number of piperidine rings is 2. The van der Waals surface area contributed by atoms with Gasteiger partial charge in [0.1, 0.15) is 17.5 Å². The first-order valence-corrected chi connectivity index (χ1v) is 11.3. The smallest absolute Gasteiger partial charge is 0.264 e. The first-order chi connectivity index (χ1) is 15.9. The van der Waals surface area contributed by atoms with Crippen molar-refractivity contribution in [3.63, 3.8) is 0 Å². The third kappa shape index (κ3) is 4.28. The highest BCUT2D eigenvalue weighted by atomic mass is 19.1. The molecular weight excluding hydrogens is 427 g/mol. The number of carbonyl (C=O) groups excluding carboxylic acids is 1. The molecule has 1 atom stereocenters. The Morgan fingerprint density at radius 3 is 2.70 bits per heavy atom. The third-order valence-corrected chi connectivity index (χ3v) is 6.74. The molecule has 0 aliphatic carbocycles. The van der Waals surface area contributed by atoms with Crippen LogP contribution in [0, 0.1) is 11.7 Å². The fraction of sp³-hybridized carbons (Fsp3) is 0.478. The van der Waals surface area contributed by atoms with Gasteiger partial charge in [-0.3, -0.25) is 14.2 Å². The van der Waals surface area contributed by atoms with Gasteiger partial charge < -0.3 is 15.3 Å². The number of nitrogens with zero attached hydrogens (tertiary/aromatic N) is 5. The van der Waals surface area contributed by atoms with E-state index >= 15 is 0 Å². The minimum atomic E-state index is -1.09. The second-order valence-electron chi connectivity index (χ2n) is 9.04. The molecule has 0 radical (unpaired) electrons. The average Bonchev–Trinajstić information content (AvgIpc) is 3.27. The van der Waals surface area contributed by atoms with E-state index in [9.17, 15) is 19.1 Å². The highest BCUT2D eigenvalue weighted by molar-refractivity contribution is 5.79. The van der Waals surface area contributed by atoms with Crippen molar-refractivity contribution < 1.29 is 14.3 Å². The van der Waals surface area contributed by atoms with Crippen LogP contribution in [-0.4, -0.2) is 67.0 Å². The molecular formula is C23H27FN6O3. The first-order valence-electron chi connectivity index (χ1n) is 11.3. The van der Waals surface area contributed by atoms with Crippen molar-refractivity contribution in [2.75, 3.05) is 26.2 Å². The van der Waals surface area contributed by atoms with Crippen molar-refractivity contribution in [1.82, 2.24) is 29.5 Å². The molecule has 2 saturated heterocycles. The number of aliphatic hydroxyl groups is 1. The number of hydrogen-bond acceptors (Lipinski definition) is 6. The Bertz CT molecular complexity index is 1210. The van der Waals surface area contributed by atoms with Crippen LogP contribution in [0.1, 0.15) is 25.7 Å². The SMILES string of the molecule is O=C(C1CCCNC1)N1CCC(O)(Cn2cnc3c(cnn3-c3ccc(F)cc3)c2=O)CC1. The molecule has 9 nitrogen and oxygen atoms in total. The molecule has 1 aromatic carbocycles. The summed E-state index contributed by atoms with van der Waals surface area (Å²) in [6.45, 7) is 2.72. The standard InChI is InChI=1S/C23H27FN6O3/c24-17-3-5-18(6-4-17)30-20-19(13-27-30)22(32)29(15-26-20)14-23(33)7-10-28(11-8-23)21(31)16-2-1-9-25-12-16/h3-6,13,15-16,25,33H,1-2,7-12,14H2. The van der Waals surface area contributed by atoms with E-state index in [0.29, 0.717) is 49.2 Å². The third-order valence-electron chi connectivity index (χ3n) is 6.74. The zero-order chi connectivity index (χ0) is 23.0. The van der Waals surface area contributed by atoms with Gasteiger partial charge in [0.25, 0.3) is 5.56 Å². The number of nitrogens with one attached hydrogen (secondary N) is 1. The molecule has 5 rings (SSSR count). The quantitative estimate of drug-likeness (QED) is 0.611. The van der Waals surface area contributed by atoms with Gasteiger partial charge in [0.15, 0.2) is 5.65 Å². The summed E-state index contributed by atoms with van der Waals surface area (Å²) in [5.41, 5.74) is -0.418. The second kappa shape index (κ2) is 8.68. The van der Waals surface area contributed by atoms with Crippen LogP contribution in [0.3, 0.4) is 0 Å². The number of amides is 1. The van der Waals surface area contributed by atoms with Crippen molar-refractivity contribution in [2.45, 2.75) is 37.8 Å². The van der Waals surface area contributed by atoms with E-state index in [0.717, 1.165) is 19.4 Å². The van der Waals surface area contributed by atoms with Crippen LogP contribution in [0.2, 0.25) is 0 Å². The van der Waals surface area contributed by atoms with Gasteiger partial charge in [-0.15, -0.1) is 0 Å². The lowest BCUT2D eigenvalue weighted by Gasteiger charge is -2.40. The average molecular weight is 455 g/mol. The summed E-state index contributed by atoms with van der Waals surface area (Å²) in [6.07, 6.45) is 5.56. The molecule has 0 spiro atoms. The van der Waals surface area contributed by atoms with E-state index < -0.39 is 5.60 Å². The lowest BCUT2D eigenvalue weighted by Crippen LogP contribution is -2.52. The van der Waals surface area contributed by atoms with Crippen molar-refractivity contribution in [2.24, 2.45) is 5.92 Å². The molecule has 2 aliphatic heterocycles. The van der Waals surface area contributed by atoms with Crippen molar-refractivity contribution >= 4 is 16.9 Å². The minimum absolute atomic E-state index is 0.0109. The van der Waals surface area contributed by atoms with Gasteiger partial charge in [-0.2, -0.15) is 5.10 Å². The molecule has 2 aromatic heterocycles. The van der Waals surface area contributed by atoms with Crippen LogP contribution in [0.15, 0.2) is 41.6 Å². The summed E-state index contributed by atoms with van der Waals surface area (Å²) in [5.74, 6) is -0.198. The van der Waals surface area contributed by atoms with E-state index in [2.05, 4.69) is 15.4 Å². The maximum atomic E-state index is 13.2. The number of halogens is 1. The maximum absolute atomic E-state index is 13.2. The molecule has 174 valence electrons. The van der Waals surface area contributed by atoms with E-state index in [1.54, 1.807) is 12.1 Å². The van der Waals surface area contributed by atoms with Crippen LogP contribution in [-0.2, 0) is 11.3 Å². The predicted molar refractivity (Wildman–Crippen MR) is 119 cm³/mol. The summed E-state index contributed by atoms with van der Waals surface area (Å²) < 4.78 is 16.1. The molecule has 33 heavy (non-hydrogen) atoms. The molecule has 0 bridgehead atoms. The van der Waals surface area contributed by atoms with Gasteiger partial charge >= 0.3 is 0 Å². The van der Waals surface area contributed by atoms with Gasteiger partial charge in [0, 0.05) is 19.6 Å². The highest BCUT2D eigenvalue weighted by Crippen LogP contribution is 2.26. The number of likely N-dealkylation sites (tertiary alicyclic amines) is 1. The zero-order valence-electron chi connectivity index (χ0n) is 18.3. The number of hydrogen-bond donors (Lipinski definition) is 2. The largest absolute Gasteiger partial charge is 0.388 e. The number of carbonyl (C=O) groups is 1. The summed E-state index contributed by atoms with van der Waals surface area (Å²) in [7, 11) is 0. The molecule has 2 aliphatic rings. The van der Waals surface area contributed by atoms with Gasteiger partial charge in [-0.05, 0) is 56.5 Å². The first kappa shape index (κ1) is 21.7. The van der Waals surface area contributed by atoms with Crippen molar-refractivity contribution in [3.05, 3.63) is 53.0 Å². The predicted octanol–water partition coefficient (Wildman–Crippen LogP) is 1.07. The Morgan fingerprint density at radius 1 is 1.24 bits per heavy atom. The van der Waals surface area contributed by atoms with Crippen molar-refractivity contribution in [3.8, 4) is 5.69 Å². The van der Waals surface area contributed by atoms with E-state index in [1.165, 1.54) is 33.9 Å². The topological polar surface area (TPSA) is 105 Å². The van der Waals surface area contributed by atoms with Crippen LogP contribution >= 0.6 is 0 Å². The van der Waals surface area contributed by atoms with Gasteiger partial charge in [-0.25, -0.2) is 14.1 Å². The second-order valence-corrected chi connectivity index (χ2v) is 9.04. The van der Waals surface area contributed by atoms with E-state index in [-0.39, 0.29) is 29.7 Å². The summed E-state index contributed by atoms with van der Waals surface area (Å²) >= 11 is 0. The Balaban J connectivity index is 1.30. The van der Waals surface area contributed by atoms with Gasteiger partial charge in [0.2, 0.25) is 5.91 Å². The number of rotatable bonds is 4. The Hall–Kier alpha value is -3.11. The Kier molecular flexibility index (Phi) is 5.71.